The average Bonchev–Trinajstić information content (AvgIpc) is 3.08. The van der Waals surface area contributed by atoms with Gasteiger partial charge in [0.05, 0.1) is 6.61 Å². The normalized spacial score (nSPS) is 12.1. The van der Waals surface area contributed by atoms with Crippen molar-refractivity contribution in [1.82, 2.24) is 0 Å². The van der Waals surface area contributed by atoms with Crippen molar-refractivity contribution in [1.29, 1.82) is 0 Å². The highest BCUT2D eigenvalue weighted by Gasteiger charge is 2.72. The van der Waals surface area contributed by atoms with Gasteiger partial charge in [0.15, 0.2) is 5.78 Å². The number of aromatic hydroxyl groups is 1. The van der Waals surface area contributed by atoms with E-state index in [9.17, 15) is 36.2 Å². The number of ketones is 1. The number of methoxy groups -OCH3 is 1. The van der Waals surface area contributed by atoms with Crippen LogP contribution in [0.3, 0.4) is 0 Å². The third-order valence-electron chi connectivity index (χ3n) is 8.42. The summed E-state index contributed by atoms with van der Waals surface area (Å²) in [6, 6.07) is 19.0. The molecule has 0 amide bonds. The van der Waals surface area contributed by atoms with Gasteiger partial charge in [-0.2, -0.15) is 26.3 Å². The minimum atomic E-state index is -5.76. The predicted octanol–water partition coefficient (Wildman–Crippen LogP) is 11.0. The molecule has 0 saturated carbocycles. The fourth-order valence-corrected chi connectivity index (χ4v) is 5.75. The van der Waals surface area contributed by atoms with Gasteiger partial charge in [-0.25, -0.2) is 0 Å². The molecule has 0 aromatic heterocycles. The molecule has 0 bridgehead atoms. The summed E-state index contributed by atoms with van der Waals surface area (Å²) < 4.78 is 102. The number of hydrogen-bond donors (Lipinski definition) is 1. The lowest BCUT2D eigenvalue weighted by Gasteiger charge is -2.38. The quantitative estimate of drug-likeness (QED) is 0.0635. The zero-order chi connectivity index (χ0) is 36.2. The van der Waals surface area contributed by atoms with E-state index in [0.29, 0.717) is 47.7 Å². The largest absolute Gasteiger partial charge is 0.508 e. The van der Waals surface area contributed by atoms with Gasteiger partial charge in [-0.3, -0.25) is 4.79 Å². The van der Waals surface area contributed by atoms with E-state index in [1.807, 2.05) is 0 Å². The second kappa shape index (κ2) is 17.4. The SMILES string of the molecule is COCCCCCCCCCCOc1ccc(C(=O)c2ccc(Oc3ccc(C(c4ccc(O)cc4)(C(F)(F)F)C(F)(F)F)cc3)cc2)cc1. The van der Waals surface area contributed by atoms with E-state index in [2.05, 4.69) is 0 Å². The van der Waals surface area contributed by atoms with E-state index in [-0.39, 0.29) is 17.3 Å². The zero-order valence-corrected chi connectivity index (χ0v) is 27.7. The molecule has 0 spiro atoms. The van der Waals surface area contributed by atoms with Crippen LogP contribution in [0.2, 0.25) is 0 Å². The molecule has 4 aromatic carbocycles. The molecule has 0 saturated heterocycles. The van der Waals surface area contributed by atoms with E-state index in [1.165, 1.54) is 56.4 Å². The Bertz CT molecular complexity index is 1600. The Morgan fingerprint density at radius 1 is 0.540 bits per heavy atom. The molecule has 0 heterocycles. The maximum Gasteiger partial charge on any atom is 0.411 e. The number of halogens is 6. The first-order valence-corrected chi connectivity index (χ1v) is 16.4. The van der Waals surface area contributed by atoms with Gasteiger partial charge in [-0.05, 0) is 96.8 Å². The molecule has 268 valence electrons. The Morgan fingerprint density at radius 3 is 1.36 bits per heavy atom. The Hall–Kier alpha value is -4.51. The predicted molar refractivity (Wildman–Crippen MR) is 178 cm³/mol. The lowest BCUT2D eigenvalue weighted by atomic mass is 9.73. The van der Waals surface area contributed by atoms with Gasteiger partial charge >= 0.3 is 12.4 Å². The molecule has 0 aliphatic carbocycles. The van der Waals surface area contributed by atoms with Crippen LogP contribution in [0.1, 0.15) is 78.4 Å². The summed E-state index contributed by atoms with van der Waals surface area (Å²) in [6.45, 7) is 1.42. The summed E-state index contributed by atoms with van der Waals surface area (Å²) in [5, 5.41) is 9.46. The Labute approximate surface area is 287 Å². The molecule has 11 heteroatoms. The molecule has 50 heavy (non-hydrogen) atoms. The fourth-order valence-electron chi connectivity index (χ4n) is 5.75. The second-order valence-electron chi connectivity index (χ2n) is 12.0. The van der Waals surface area contributed by atoms with Crippen LogP contribution in [-0.4, -0.2) is 43.6 Å². The van der Waals surface area contributed by atoms with E-state index < -0.39 is 34.6 Å². The summed E-state index contributed by atoms with van der Waals surface area (Å²) in [5.74, 6) is 0.149. The molecular weight excluding hydrogens is 662 g/mol. The van der Waals surface area contributed by atoms with Crippen molar-refractivity contribution >= 4 is 5.78 Å². The first-order chi connectivity index (χ1) is 23.9. The van der Waals surface area contributed by atoms with Gasteiger partial charge in [-0.1, -0.05) is 62.8 Å². The molecule has 4 rings (SSSR count). The third-order valence-corrected chi connectivity index (χ3v) is 8.42. The van der Waals surface area contributed by atoms with Crippen LogP contribution in [0.4, 0.5) is 26.3 Å². The first-order valence-electron chi connectivity index (χ1n) is 16.4. The van der Waals surface area contributed by atoms with Crippen LogP contribution in [0.15, 0.2) is 97.1 Å². The van der Waals surface area contributed by atoms with Crippen molar-refractivity contribution in [2.75, 3.05) is 20.3 Å². The van der Waals surface area contributed by atoms with Gasteiger partial charge < -0.3 is 19.3 Å². The van der Waals surface area contributed by atoms with Crippen molar-refractivity contribution in [3.63, 3.8) is 0 Å². The summed E-state index contributed by atoms with van der Waals surface area (Å²) in [4.78, 5) is 13.0. The number of carbonyl (C=O) groups excluding carboxylic acids is 1. The Morgan fingerprint density at radius 2 is 0.920 bits per heavy atom. The maximum atomic E-state index is 14.3. The molecule has 4 aromatic rings. The van der Waals surface area contributed by atoms with Gasteiger partial charge in [0.1, 0.15) is 23.0 Å². The molecule has 0 fully saturated rings. The summed E-state index contributed by atoms with van der Waals surface area (Å²) >= 11 is 0. The van der Waals surface area contributed by atoms with Gasteiger partial charge in [-0.15, -0.1) is 0 Å². The fraction of sp³-hybridized carbons (Fsp3) is 0.359. The van der Waals surface area contributed by atoms with Crippen molar-refractivity contribution < 1.29 is 50.5 Å². The van der Waals surface area contributed by atoms with Crippen molar-refractivity contribution in [2.24, 2.45) is 0 Å². The van der Waals surface area contributed by atoms with E-state index in [0.717, 1.165) is 50.1 Å². The molecule has 0 unspecified atom stereocenters. The minimum absolute atomic E-state index is 0.0129. The summed E-state index contributed by atoms with van der Waals surface area (Å²) in [7, 11) is 1.72. The summed E-state index contributed by atoms with van der Waals surface area (Å²) in [6.07, 6.45) is -2.31. The average molecular weight is 703 g/mol. The highest BCUT2D eigenvalue weighted by atomic mass is 19.4. The topological polar surface area (TPSA) is 65.0 Å². The Balaban J connectivity index is 1.32. The number of unbranched alkanes of at least 4 members (excludes halogenated alkanes) is 7. The monoisotopic (exact) mass is 702 g/mol. The van der Waals surface area contributed by atoms with Crippen LogP contribution in [0.25, 0.3) is 0 Å². The van der Waals surface area contributed by atoms with Crippen molar-refractivity contribution in [3.05, 3.63) is 119 Å². The zero-order valence-electron chi connectivity index (χ0n) is 27.7. The number of alkyl halides is 6. The molecule has 0 radical (unpaired) electrons. The number of benzene rings is 4. The number of rotatable bonds is 18. The third kappa shape index (κ3) is 9.59. The first kappa shape index (κ1) is 38.3. The summed E-state index contributed by atoms with van der Waals surface area (Å²) in [5.41, 5.74) is -5.70. The second-order valence-corrected chi connectivity index (χ2v) is 12.0. The van der Waals surface area contributed by atoms with Crippen LogP contribution in [0.5, 0.6) is 23.0 Å². The van der Waals surface area contributed by atoms with Crippen molar-refractivity contribution in [3.8, 4) is 23.0 Å². The van der Waals surface area contributed by atoms with Gasteiger partial charge in [0.2, 0.25) is 5.41 Å². The maximum absolute atomic E-state index is 14.3. The van der Waals surface area contributed by atoms with Gasteiger partial charge in [0.25, 0.3) is 0 Å². The molecule has 5 nitrogen and oxygen atoms in total. The standard InChI is InChI=1S/C39H40F6O5/c1-48-26-8-6-4-2-3-5-7-9-27-49-33-20-10-28(11-21-33)36(47)29-12-22-34(23-13-29)50-35-24-16-31(17-25-35)37(38(40,41)42,39(43,44)45)30-14-18-32(46)19-15-30/h10-25,46H,2-9,26-27H2,1H3. The van der Waals surface area contributed by atoms with Crippen LogP contribution in [-0.2, 0) is 10.2 Å². The molecule has 0 aliphatic heterocycles. The Kier molecular flexibility index (Phi) is 13.3. The van der Waals surface area contributed by atoms with Crippen molar-refractivity contribution in [2.45, 2.75) is 69.1 Å². The number of ether oxygens (including phenoxy) is 3. The van der Waals surface area contributed by atoms with E-state index in [1.54, 1.807) is 31.4 Å². The number of hydrogen-bond acceptors (Lipinski definition) is 5. The lowest BCUT2D eigenvalue weighted by Crippen LogP contribution is -2.54. The smallest absolute Gasteiger partial charge is 0.411 e. The number of carbonyl (C=O) groups is 1. The van der Waals surface area contributed by atoms with Crippen LogP contribution >= 0.6 is 0 Å². The number of phenols is 1. The highest BCUT2D eigenvalue weighted by Crippen LogP contribution is 2.56. The molecular formula is C39H40F6O5. The van der Waals surface area contributed by atoms with Gasteiger partial charge in [0, 0.05) is 24.8 Å². The molecule has 1 N–H and O–H groups in total. The van der Waals surface area contributed by atoms with E-state index in [4.69, 9.17) is 14.2 Å². The highest BCUT2D eigenvalue weighted by molar-refractivity contribution is 6.09. The van der Waals surface area contributed by atoms with Crippen LogP contribution in [0, 0.1) is 0 Å². The van der Waals surface area contributed by atoms with E-state index >= 15 is 0 Å². The number of phenolic OH excluding ortho intramolecular Hbond substituents is 1. The van der Waals surface area contributed by atoms with Crippen LogP contribution < -0.4 is 9.47 Å². The molecule has 0 atom stereocenters. The minimum Gasteiger partial charge on any atom is -0.508 e. The molecule has 0 aliphatic rings. The lowest BCUT2D eigenvalue weighted by molar-refractivity contribution is -0.288.